The summed E-state index contributed by atoms with van der Waals surface area (Å²) in [7, 11) is 0. The van der Waals surface area contributed by atoms with Gasteiger partial charge in [-0.15, -0.1) is 0 Å². The van der Waals surface area contributed by atoms with E-state index in [1.54, 1.807) is 18.2 Å². The number of hydrogen-bond donors (Lipinski definition) is 2. The Kier molecular flexibility index (Phi) is 7.56. The Labute approximate surface area is 185 Å². The lowest BCUT2D eigenvalue weighted by molar-refractivity contribution is -0.118. The van der Waals surface area contributed by atoms with Crippen LogP contribution in [0.15, 0.2) is 66.7 Å². The molecule has 166 valence electrons. The van der Waals surface area contributed by atoms with E-state index in [2.05, 4.69) is 15.4 Å². The van der Waals surface area contributed by atoms with E-state index in [4.69, 9.17) is 16.3 Å². The van der Waals surface area contributed by atoms with Gasteiger partial charge in [0, 0.05) is 5.69 Å². The number of amides is 2. The molecule has 3 aromatic rings. The molecule has 32 heavy (non-hydrogen) atoms. The SMILES string of the molecule is O=C(COc1ccccc1C(=O)Nc1ccc(OC(F)F)c(Cl)c1)Nc1ccccc1F. The van der Waals surface area contributed by atoms with Gasteiger partial charge in [0.1, 0.15) is 17.3 Å². The molecule has 2 N–H and O–H groups in total. The highest BCUT2D eigenvalue weighted by Crippen LogP contribution is 2.29. The summed E-state index contributed by atoms with van der Waals surface area (Å²) >= 11 is 5.89. The summed E-state index contributed by atoms with van der Waals surface area (Å²) in [5.41, 5.74) is 0.340. The normalized spacial score (nSPS) is 10.5. The fourth-order valence-electron chi connectivity index (χ4n) is 2.64. The Morgan fingerprint density at radius 3 is 2.38 bits per heavy atom. The molecule has 0 radical (unpaired) electrons. The van der Waals surface area contributed by atoms with Gasteiger partial charge in [-0.25, -0.2) is 4.39 Å². The van der Waals surface area contributed by atoms with Gasteiger partial charge in [0.2, 0.25) is 0 Å². The van der Waals surface area contributed by atoms with Gasteiger partial charge in [0.05, 0.1) is 16.3 Å². The molecule has 0 heterocycles. The molecule has 0 aromatic heterocycles. The van der Waals surface area contributed by atoms with Crippen molar-refractivity contribution in [2.75, 3.05) is 17.2 Å². The third kappa shape index (κ3) is 6.14. The molecule has 0 bridgehead atoms. The Bertz CT molecular complexity index is 1130. The van der Waals surface area contributed by atoms with Crippen LogP contribution in [0.3, 0.4) is 0 Å². The van der Waals surface area contributed by atoms with E-state index in [9.17, 15) is 22.8 Å². The van der Waals surface area contributed by atoms with Crippen molar-refractivity contribution in [2.24, 2.45) is 0 Å². The van der Waals surface area contributed by atoms with Gasteiger partial charge in [-0.2, -0.15) is 8.78 Å². The molecule has 6 nitrogen and oxygen atoms in total. The smallest absolute Gasteiger partial charge is 0.387 e. The highest BCUT2D eigenvalue weighted by atomic mass is 35.5. The zero-order valence-electron chi connectivity index (χ0n) is 16.3. The van der Waals surface area contributed by atoms with Crippen LogP contribution in [0.5, 0.6) is 11.5 Å². The van der Waals surface area contributed by atoms with Crippen LogP contribution in [0, 0.1) is 5.82 Å². The average Bonchev–Trinajstić information content (AvgIpc) is 2.76. The first-order valence-corrected chi connectivity index (χ1v) is 9.53. The van der Waals surface area contributed by atoms with Crippen molar-refractivity contribution in [3.05, 3.63) is 83.1 Å². The van der Waals surface area contributed by atoms with Gasteiger partial charge in [0.25, 0.3) is 11.8 Å². The van der Waals surface area contributed by atoms with Crippen molar-refractivity contribution in [1.82, 2.24) is 0 Å². The third-order valence-corrected chi connectivity index (χ3v) is 4.34. The Morgan fingerprint density at radius 1 is 0.938 bits per heavy atom. The second kappa shape index (κ2) is 10.5. The molecule has 0 fully saturated rings. The highest BCUT2D eigenvalue weighted by Gasteiger charge is 2.16. The highest BCUT2D eigenvalue weighted by molar-refractivity contribution is 6.32. The maximum Gasteiger partial charge on any atom is 0.387 e. The Balaban J connectivity index is 1.65. The molecular weight excluding hydrogens is 449 g/mol. The third-order valence-electron chi connectivity index (χ3n) is 4.04. The van der Waals surface area contributed by atoms with E-state index in [-0.39, 0.29) is 33.5 Å². The topological polar surface area (TPSA) is 76.7 Å². The number of nitrogens with one attached hydrogen (secondary N) is 2. The van der Waals surface area contributed by atoms with Crippen LogP contribution in [0.2, 0.25) is 5.02 Å². The first-order chi connectivity index (χ1) is 15.3. The van der Waals surface area contributed by atoms with Crippen LogP contribution in [-0.2, 0) is 4.79 Å². The quantitative estimate of drug-likeness (QED) is 0.471. The standard InChI is InChI=1S/C22H16ClF3N2O4/c23-15-11-13(9-10-19(15)32-22(25)26)27-21(30)14-5-1-4-8-18(14)31-12-20(29)28-17-7-3-2-6-16(17)24/h1-11,22H,12H2,(H,27,30)(H,28,29). The lowest BCUT2D eigenvalue weighted by Crippen LogP contribution is -2.22. The van der Waals surface area contributed by atoms with Gasteiger partial charge in [-0.1, -0.05) is 35.9 Å². The number of alkyl halides is 2. The number of carbonyl (C=O) groups is 2. The van der Waals surface area contributed by atoms with Crippen molar-refractivity contribution >= 4 is 34.8 Å². The lowest BCUT2D eigenvalue weighted by atomic mass is 10.2. The van der Waals surface area contributed by atoms with E-state index in [1.165, 1.54) is 48.5 Å². The Hall–Kier alpha value is -3.72. The minimum Gasteiger partial charge on any atom is -0.483 e. The van der Waals surface area contributed by atoms with Crippen molar-refractivity contribution in [1.29, 1.82) is 0 Å². The summed E-state index contributed by atoms with van der Waals surface area (Å²) in [6, 6.07) is 15.6. The zero-order valence-corrected chi connectivity index (χ0v) is 17.0. The maximum atomic E-state index is 13.6. The van der Waals surface area contributed by atoms with Crippen LogP contribution < -0.4 is 20.1 Å². The lowest BCUT2D eigenvalue weighted by Gasteiger charge is -2.13. The number of benzene rings is 3. The molecule has 0 atom stereocenters. The molecule has 3 aromatic carbocycles. The van der Waals surface area contributed by atoms with Crippen LogP contribution >= 0.6 is 11.6 Å². The van der Waals surface area contributed by atoms with Crippen LogP contribution in [-0.4, -0.2) is 25.0 Å². The summed E-state index contributed by atoms with van der Waals surface area (Å²) in [6.07, 6.45) is 0. The number of ether oxygens (including phenoxy) is 2. The van der Waals surface area contributed by atoms with E-state index in [1.807, 2.05) is 0 Å². The largest absolute Gasteiger partial charge is 0.483 e. The molecule has 0 aliphatic carbocycles. The molecule has 3 rings (SSSR count). The molecular formula is C22H16ClF3N2O4. The Morgan fingerprint density at radius 2 is 1.66 bits per heavy atom. The number of anilines is 2. The van der Waals surface area contributed by atoms with Crippen molar-refractivity contribution in [2.45, 2.75) is 6.61 Å². The van der Waals surface area contributed by atoms with Crippen LogP contribution in [0.4, 0.5) is 24.5 Å². The first kappa shape index (κ1) is 23.0. The second-order valence-corrected chi connectivity index (χ2v) is 6.70. The fraction of sp³-hybridized carbons (Fsp3) is 0.0909. The van der Waals surface area contributed by atoms with E-state index < -0.39 is 30.8 Å². The molecule has 2 amide bonds. The van der Waals surface area contributed by atoms with Gasteiger partial charge < -0.3 is 20.1 Å². The molecule has 0 spiro atoms. The van der Waals surface area contributed by atoms with Gasteiger partial charge in [-0.05, 0) is 42.5 Å². The van der Waals surface area contributed by atoms with Crippen molar-refractivity contribution < 1.29 is 32.2 Å². The van der Waals surface area contributed by atoms with E-state index >= 15 is 0 Å². The first-order valence-electron chi connectivity index (χ1n) is 9.15. The summed E-state index contributed by atoms with van der Waals surface area (Å²) in [5.74, 6) is -1.92. The number of halogens is 4. The predicted octanol–water partition coefficient (Wildman–Crippen LogP) is 5.35. The van der Waals surface area contributed by atoms with E-state index in [0.29, 0.717) is 0 Å². The van der Waals surface area contributed by atoms with Crippen molar-refractivity contribution in [3.63, 3.8) is 0 Å². The summed E-state index contributed by atoms with van der Waals surface area (Å²) in [6.45, 7) is -3.50. The number of para-hydroxylation sites is 2. The molecule has 10 heteroatoms. The minimum absolute atomic E-state index is 0.00303. The molecule has 0 saturated heterocycles. The molecule has 0 aliphatic heterocycles. The van der Waals surface area contributed by atoms with Gasteiger partial charge >= 0.3 is 6.61 Å². The summed E-state index contributed by atoms with van der Waals surface area (Å²) in [5, 5.41) is 4.82. The molecule has 0 aliphatic rings. The van der Waals surface area contributed by atoms with Crippen LogP contribution in [0.1, 0.15) is 10.4 Å². The van der Waals surface area contributed by atoms with E-state index in [0.717, 1.165) is 0 Å². The van der Waals surface area contributed by atoms with Crippen LogP contribution in [0.25, 0.3) is 0 Å². The van der Waals surface area contributed by atoms with Crippen molar-refractivity contribution in [3.8, 4) is 11.5 Å². The molecule has 0 saturated carbocycles. The van der Waals surface area contributed by atoms with Gasteiger partial charge in [0.15, 0.2) is 6.61 Å². The minimum atomic E-state index is -3.03. The molecule has 0 unspecified atom stereocenters. The average molecular weight is 465 g/mol. The number of carbonyl (C=O) groups excluding carboxylic acids is 2. The number of hydrogen-bond acceptors (Lipinski definition) is 4. The van der Waals surface area contributed by atoms with Gasteiger partial charge in [-0.3, -0.25) is 9.59 Å². The zero-order chi connectivity index (χ0) is 23.1. The second-order valence-electron chi connectivity index (χ2n) is 6.29. The fourth-order valence-corrected chi connectivity index (χ4v) is 2.87. The maximum absolute atomic E-state index is 13.6. The summed E-state index contributed by atoms with van der Waals surface area (Å²) in [4.78, 5) is 24.7. The predicted molar refractivity (Wildman–Crippen MR) is 113 cm³/mol. The monoisotopic (exact) mass is 464 g/mol. The number of rotatable bonds is 8. The summed E-state index contributed by atoms with van der Waals surface area (Å²) < 4.78 is 48.0.